The second kappa shape index (κ2) is 9.85. The van der Waals surface area contributed by atoms with Crippen LogP contribution in [-0.4, -0.2) is 37.0 Å². The van der Waals surface area contributed by atoms with Crippen molar-refractivity contribution in [2.45, 2.75) is 32.7 Å². The molecular weight excluding hydrogens is 317 g/mol. The molecule has 1 aliphatic rings. The standard InChI is InChI=1S/C17H26FN3O.ClH/c1-2-13-5-3-7-16(18)15(13)12-21-10-4-6-14(11-21)17(22)20-9-8-19;/h3,5,7,14H,2,4,6,8-12,19H2,1H3,(H,20,22);1H. The molecule has 0 aromatic heterocycles. The number of nitrogens with two attached hydrogens (primary N) is 1. The predicted molar refractivity (Wildman–Crippen MR) is 93.1 cm³/mol. The van der Waals surface area contributed by atoms with Gasteiger partial charge in [-0.05, 0) is 37.4 Å². The maximum absolute atomic E-state index is 14.1. The van der Waals surface area contributed by atoms with Gasteiger partial charge in [-0.15, -0.1) is 12.4 Å². The molecule has 1 unspecified atom stereocenters. The summed E-state index contributed by atoms with van der Waals surface area (Å²) < 4.78 is 14.1. The first-order valence-electron chi connectivity index (χ1n) is 8.12. The zero-order valence-electron chi connectivity index (χ0n) is 13.7. The number of piperidine rings is 1. The summed E-state index contributed by atoms with van der Waals surface area (Å²) in [5.41, 5.74) is 7.24. The van der Waals surface area contributed by atoms with Crippen molar-refractivity contribution >= 4 is 18.3 Å². The molecule has 1 fully saturated rings. The third kappa shape index (κ3) is 5.44. The third-order valence-corrected chi connectivity index (χ3v) is 4.30. The van der Waals surface area contributed by atoms with Gasteiger partial charge in [-0.2, -0.15) is 0 Å². The number of hydrogen-bond donors (Lipinski definition) is 2. The number of carbonyl (C=O) groups excluding carboxylic acids is 1. The zero-order chi connectivity index (χ0) is 15.9. The molecule has 0 aliphatic carbocycles. The Hall–Kier alpha value is -1.17. The number of nitrogens with one attached hydrogen (secondary N) is 1. The summed E-state index contributed by atoms with van der Waals surface area (Å²) in [4.78, 5) is 14.3. The molecule has 1 amide bonds. The van der Waals surface area contributed by atoms with Crippen LogP contribution in [0.4, 0.5) is 4.39 Å². The van der Waals surface area contributed by atoms with Gasteiger partial charge in [-0.25, -0.2) is 4.39 Å². The van der Waals surface area contributed by atoms with Crippen molar-refractivity contribution in [3.05, 3.63) is 35.1 Å². The van der Waals surface area contributed by atoms with E-state index in [1.807, 2.05) is 13.0 Å². The fraction of sp³-hybridized carbons (Fsp3) is 0.588. The molecule has 0 saturated carbocycles. The van der Waals surface area contributed by atoms with Crippen molar-refractivity contribution in [2.24, 2.45) is 11.7 Å². The molecule has 1 atom stereocenters. The molecule has 1 aromatic rings. The molecule has 1 heterocycles. The number of halogens is 2. The van der Waals surface area contributed by atoms with Crippen LogP contribution in [0.25, 0.3) is 0 Å². The number of amides is 1. The lowest BCUT2D eigenvalue weighted by Crippen LogP contribution is -2.43. The van der Waals surface area contributed by atoms with E-state index in [2.05, 4.69) is 10.2 Å². The minimum absolute atomic E-state index is 0. The Balaban J connectivity index is 0.00000264. The van der Waals surface area contributed by atoms with Gasteiger partial charge >= 0.3 is 0 Å². The average molecular weight is 344 g/mol. The van der Waals surface area contributed by atoms with Gasteiger partial charge < -0.3 is 11.1 Å². The Labute approximate surface area is 144 Å². The lowest BCUT2D eigenvalue weighted by atomic mass is 9.95. The molecule has 0 radical (unpaired) electrons. The number of benzene rings is 1. The number of hydrogen-bond acceptors (Lipinski definition) is 3. The number of aryl methyl sites for hydroxylation is 1. The van der Waals surface area contributed by atoms with Gasteiger partial charge in [0.1, 0.15) is 5.82 Å². The fourth-order valence-electron chi connectivity index (χ4n) is 3.09. The lowest BCUT2D eigenvalue weighted by molar-refractivity contribution is -0.126. The quantitative estimate of drug-likeness (QED) is 0.831. The van der Waals surface area contributed by atoms with E-state index in [-0.39, 0.29) is 30.0 Å². The van der Waals surface area contributed by atoms with Gasteiger partial charge in [0.15, 0.2) is 0 Å². The van der Waals surface area contributed by atoms with E-state index in [0.29, 0.717) is 26.2 Å². The number of likely N-dealkylation sites (tertiary alicyclic amines) is 1. The van der Waals surface area contributed by atoms with Crippen LogP contribution >= 0.6 is 12.4 Å². The van der Waals surface area contributed by atoms with Crippen LogP contribution in [-0.2, 0) is 17.8 Å². The largest absolute Gasteiger partial charge is 0.355 e. The third-order valence-electron chi connectivity index (χ3n) is 4.30. The van der Waals surface area contributed by atoms with Gasteiger partial charge in [0.25, 0.3) is 0 Å². The van der Waals surface area contributed by atoms with Crippen molar-refractivity contribution in [1.29, 1.82) is 0 Å². The smallest absolute Gasteiger partial charge is 0.224 e. The number of nitrogens with zero attached hydrogens (tertiary/aromatic N) is 1. The maximum atomic E-state index is 14.1. The first kappa shape index (κ1) is 19.9. The molecule has 0 bridgehead atoms. The van der Waals surface area contributed by atoms with Crippen LogP contribution in [0.3, 0.4) is 0 Å². The van der Waals surface area contributed by atoms with Crippen LogP contribution in [0.5, 0.6) is 0 Å². The van der Waals surface area contributed by atoms with Gasteiger partial charge in [0.05, 0.1) is 5.92 Å². The van der Waals surface area contributed by atoms with Gasteiger partial charge in [0.2, 0.25) is 5.91 Å². The molecule has 4 nitrogen and oxygen atoms in total. The Morgan fingerprint density at radius 2 is 2.26 bits per heavy atom. The minimum atomic E-state index is -0.144. The first-order chi connectivity index (χ1) is 10.7. The van der Waals surface area contributed by atoms with Crippen LogP contribution in [0.1, 0.15) is 30.9 Å². The summed E-state index contributed by atoms with van der Waals surface area (Å²) in [6.45, 7) is 5.19. The van der Waals surface area contributed by atoms with Crippen LogP contribution < -0.4 is 11.1 Å². The van der Waals surface area contributed by atoms with Crippen molar-refractivity contribution in [3.8, 4) is 0 Å². The Kier molecular flexibility index (Phi) is 8.52. The highest BCUT2D eigenvalue weighted by Gasteiger charge is 2.26. The van der Waals surface area contributed by atoms with Crippen LogP contribution in [0.2, 0.25) is 0 Å². The van der Waals surface area contributed by atoms with Gasteiger partial charge in [0, 0.05) is 31.7 Å². The monoisotopic (exact) mass is 343 g/mol. The number of carbonyl (C=O) groups is 1. The second-order valence-corrected chi connectivity index (χ2v) is 5.89. The molecule has 1 aromatic carbocycles. The lowest BCUT2D eigenvalue weighted by Gasteiger charge is -2.32. The Bertz CT molecular complexity index is 513. The molecule has 0 spiro atoms. The summed E-state index contributed by atoms with van der Waals surface area (Å²) in [7, 11) is 0. The molecule has 130 valence electrons. The summed E-state index contributed by atoms with van der Waals surface area (Å²) in [6, 6.07) is 5.26. The summed E-state index contributed by atoms with van der Waals surface area (Å²) in [6.07, 6.45) is 2.68. The zero-order valence-corrected chi connectivity index (χ0v) is 14.5. The van der Waals surface area contributed by atoms with Crippen molar-refractivity contribution in [1.82, 2.24) is 10.2 Å². The highest BCUT2D eigenvalue weighted by atomic mass is 35.5. The maximum Gasteiger partial charge on any atom is 0.224 e. The highest BCUT2D eigenvalue weighted by molar-refractivity contribution is 5.85. The molecule has 23 heavy (non-hydrogen) atoms. The van der Waals surface area contributed by atoms with E-state index in [0.717, 1.165) is 36.9 Å². The Morgan fingerprint density at radius 3 is 2.96 bits per heavy atom. The normalized spacial score (nSPS) is 18.3. The fourth-order valence-corrected chi connectivity index (χ4v) is 3.09. The minimum Gasteiger partial charge on any atom is -0.355 e. The first-order valence-corrected chi connectivity index (χ1v) is 8.12. The van der Waals surface area contributed by atoms with E-state index in [4.69, 9.17) is 5.73 Å². The molecule has 6 heteroatoms. The number of rotatable bonds is 6. The van der Waals surface area contributed by atoms with Crippen LogP contribution in [0, 0.1) is 11.7 Å². The molecule has 3 N–H and O–H groups in total. The van der Waals surface area contributed by atoms with E-state index in [1.54, 1.807) is 6.07 Å². The van der Waals surface area contributed by atoms with E-state index in [1.165, 1.54) is 6.07 Å². The molecule has 1 saturated heterocycles. The summed E-state index contributed by atoms with van der Waals surface area (Å²) in [5, 5.41) is 2.86. The van der Waals surface area contributed by atoms with Crippen molar-refractivity contribution in [3.63, 3.8) is 0 Å². The second-order valence-electron chi connectivity index (χ2n) is 5.89. The molecular formula is C17H27ClFN3O. The summed E-state index contributed by atoms with van der Waals surface area (Å²) in [5.74, 6) is -0.0920. The summed E-state index contributed by atoms with van der Waals surface area (Å²) >= 11 is 0. The van der Waals surface area contributed by atoms with E-state index >= 15 is 0 Å². The molecule has 1 aliphatic heterocycles. The van der Waals surface area contributed by atoms with E-state index in [9.17, 15) is 9.18 Å². The van der Waals surface area contributed by atoms with Gasteiger partial charge in [-0.3, -0.25) is 9.69 Å². The van der Waals surface area contributed by atoms with Crippen LogP contribution in [0.15, 0.2) is 18.2 Å². The SMILES string of the molecule is CCc1cccc(F)c1CN1CCCC(C(=O)NCCN)C1.Cl. The Morgan fingerprint density at radius 1 is 1.48 bits per heavy atom. The predicted octanol–water partition coefficient (Wildman–Crippen LogP) is 2.10. The average Bonchev–Trinajstić information content (AvgIpc) is 2.54. The van der Waals surface area contributed by atoms with Gasteiger partial charge in [-0.1, -0.05) is 19.1 Å². The topological polar surface area (TPSA) is 58.4 Å². The van der Waals surface area contributed by atoms with Crippen molar-refractivity contribution in [2.75, 3.05) is 26.2 Å². The molecule has 2 rings (SSSR count). The van der Waals surface area contributed by atoms with Crippen molar-refractivity contribution < 1.29 is 9.18 Å². The highest BCUT2D eigenvalue weighted by Crippen LogP contribution is 2.22. The van der Waals surface area contributed by atoms with E-state index < -0.39 is 0 Å².